The van der Waals surface area contributed by atoms with Gasteiger partial charge >= 0.3 is 5.97 Å². The Kier molecular flexibility index (Phi) is 4.92. The van der Waals surface area contributed by atoms with Crippen LogP contribution in [0.4, 0.5) is 0 Å². The standard InChI is InChI=1S/C9H13IN2O2/c10-12-6-8(11-7-12)4-2-1-3-5-9(13)14/h6-7H,1-5H2,(H,13,14). The van der Waals surface area contributed by atoms with Crippen LogP contribution < -0.4 is 0 Å². The Bertz CT molecular complexity index is 299. The van der Waals surface area contributed by atoms with Gasteiger partial charge in [-0.2, -0.15) is 0 Å². The van der Waals surface area contributed by atoms with Crippen molar-refractivity contribution >= 4 is 28.8 Å². The molecule has 0 aromatic carbocycles. The number of aromatic nitrogens is 2. The van der Waals surface area contributed by atoms with E-state index in [2.05, 4.69) is 27.8 Å². The summed E-state index contributed by atoms with van der Waals surface area (Å²) >= 11 is 2.15. The molecule has 0 aliphatic rings. The lowest BCUT2D eigenvalue weighted by molar-refractivity contribution is -0.137. The van der Waals surface area contributed by atoms with Crippen LogP contribution in [-0.2, 0) is 11.2 Å². The van der Waals surface area contributed by atoms with Gasteiger partial charge in [-0.25, -0.2) is 4.98 Å². The largest absolute Gasteiger partial charge is 0.481 e. The fourth-order valence-electron chi connectivity index (χ4n) is 1.23. The predicted octanol–water partition coefficient (Wildman–Crippen LogP) is 2.27. The molecule has 14 heavy (non-hydrogen) atoms. The van der Waals surface area contributed by atoms with Gasteiger partial charge in [0.1, 0.15) is 6.33 Å². The van der Waals surface area contributed by atoms with Crippen LogP contribution in [0.25, 0.3) is 0 Å². The van der Waals surface area contributed by atoms with Crippen molar-refractivity contribution in [3.8, 4) is 0 Å². The number of aryl methyl sites for hydroxylation is 1. The monoisotopic (exact) mass is 308 g/mol. The number of carboxylic acids is 1. The molecule has 5 heteroatoms. The van der Waals surface area contributed by atoms with Gasteiger partial charge < -0.3 is 5.11 Å². The van der Waals surface area contributed by atoms with Crippen molar-refractivity contribution in [2.24, 2.45) is 0 Å². The van der Waals surface area contributed by atoms with Crippen LogP contribution in [0.5, 0.6) is 0 Å². The number of halogens is 1. The molecule has 0 unspecified atom stereocenters. The van der Waals surface area contributed by atoms with Gasteiger partial charge in [0.05, 0.1) is 28.6 Å². The van der Waals surface area contributed by atoms with Gasteiger partial charge in [0.15, 0.2) is 0 Å². The third-order valence-electron chi connectivity index (χ3n) is 1.93. The molecule has 0 aliphatic heterocycles. The summed E-state index contributed by atoms with van der Waals surface area (Å²) in [5.74, 6) is -0.707. The van der Waals surface area contributed by atoms with Gasteiger partial charge in [0, 0.05) is 12.6 Å². The molecule has 0 spiro atoms. The summed E-state index contributed by atoms with van der Waals surface area (Å²) in [5.41, 5.74) is 1.08. The quantitative estimate of drug-likeness (QED) is 0.648. The molecule has 0 saturated carbocycles. The van der Waals surface area contributed by atoms with Gasteiger partial charge in [-0.05, 0) is 19.3 Å². The van der Waals surface area contributed by atoms with E-state index in [1.807, 2.05) is 8.98 Å². The first kappa shape index (κ1) is 11.5. The van der Waals surface area contributed by atoms with E-state index in [-0.39, 0.29) is 6.42 Å². The second kappa shape index (κ2) is 6.00. The Morgan fingerprint density at radius 1 is 1.50 bits per heavy atom. The number of unbranched alkanes of at least 4 members (excludes halogenated alkanes) is 2. The molecule has 0 amide bonds. The maximum atomic E-state index is 10.2. The third kappa shape index (κ3) is 4.59. The van der Waals surface area contributed by atoms with Gasteiger partial charge in [-0.15, -0.1) is 0 Å². The molecule has 0 saturated heterocycles. The van der Waals surface area contributed by atoms with Crippen molar-refractivity contribution in [2.75, 3.05) is 0 Å². The summed E-state index contributed by atoms with van der Waals surface area (Å²) in [7, 11) is 0. The maximum absolute atomic E-state index is 10.2. The zero-order valence-electron chi connectivity index (χ0n) is 7.82. The molecular weight excluding hydrogens is 295 g/mol. The first-order chi connectivity index (χ1) is 6.68. The van der Waals surface area contributed by atoms with Crippen molar-refractivity contribution in [2.45, 2.75) is 32.1 Å². The second-order valence-corrected chi connectivity index (χ2v) is 4.28. The normalized spacial score (nSPS) is 10.4. The van der Waals surface area contributed by atoms with Gasteiger partial charge in [0.25, 0.3) is 0 Å². The molecule has 78 valence electrons. The number of imidazole rings is 1. The van der Waals surface area contributed by atoms with E-state index >= 15 is 0 Å². The van der Waals surface area contributed by atoms with E-state index in [4.69, 9.17) is 5.11 Å². The summed E-state index contributed by atoms with van der Waals surface area (Å²) in [4.78, 5) is 14.4. The van der Waals surface area contributed by atoms with Gasteiger partial charge in [-0.3, -0.25) is 7.58 Å². The molecule has 0 atom stereocenters. The fraction of sp³-hybridized carbons (Fsp3) is 0.556. The lowest BCUT2D eigenvalue weighted by Gasteiger charge is -1.96. The van der Waals surface area contributed by atoms with Gasteiger partial charge in [0.2, 0.25) is 0 Å². The highest BCUT2D eigenvalue weighted by atomic mass is 127. The number of rotatable bonds is 6. The molecule has 0 radical (unpaired) electrons. The van der Waals surface area contributed by atoms with Crippen LogP contribution >= 0.6 is 22.9 Å². The molecule has 0 fully saturated rings. The zero-order valence-corrected chi connectivity index (χ0v) is 9.98. The van der Waals surface area contributed by atoms with Crippen LogP contribution in [0.3, 0.4) is 0 Å². The van der Waals surface area contributed by atoms with Crippen LogP contribution in [0, 0.1) is 0 Å². The third-order valence-corrected chi connectivity index (χ3v) is 2.46. The van der Waals surface area contributed by atoms with Crippen LogP contribution in [0.1, 0.15) is 31.4 Å². The zero-order chi connectivity index (χ0) is 10.4. The topological polar surface area (TPSA) is 55.1 Å². The Labute approximate surface area is 96.8 Å². The summed E-state index contributed by atoms with van der Waals surface area (Å²) in [6.45, 7) is 0. The lowest BCUT2D eigenvalue weighted by atomic mass is 10.1. The van der Waals surface area contributed by atoms with E-state index in [0.717, 1.165) is 31.4 Å². The number of hydrogen-bond acceptors (Lipinski definition) is 2. The average Bonchev–Trinajstić information content (AvgIpc) is 2.50. The molecule has 1 N–H and O–H groups in total. The maximum Gasteiger partial charge on any atom is 0.303 e. The molecule has 1 aromatic heterocycles. The van der Waals surface area contributed by atoms with E-state index in [9.17, 15) is 4.79 Å². The van der Waals surface area contributed by atoms with E-state index in [1.54, 1.807) is 6.33 Å². The Balaban J connectivity index is 2.07. The van der Waals surface area contributed by atoms with Crippen LogP contribution in [0.15, 0.2) is 12.5 Å². The van der Waals surface area contributed by atoms with E-state index in [0.29, 0.717) is 0 Å². The minimum atomic E-state index is -0.707. The smallest absolute Gasteiger partial charge is 0.303 e. The highest BCUT2D eigenvalue weighted by molar-refractivity contribution is 14.1. The summed E-state index contributed by atoms with van der Waals surface area (Å²) in [5, 5.41) is 8.42. The second-order valence-electron chi connectivity index (χ2n) is 3.16. The van der Waals surface area contributed by atoms with E-state index in [1.165, 1.54) is 0 Å². The first-order valence-corrected chi connectivity index (χ1v) is 5.56. The minimum Gasteiger partial charge on any atom is -0.481 e. The van der Waals surface area contributed by atoms with Crippen LogP contribution in [0.2, 0.25) is 0 Å². The van der Waals surface area contributed by atoms with Crippen LogP contribution in [-0.4, -0.2) is 18.8 Å². The molecule has 0 aliphatic carbocycles. The number of aliphatic carboxylic acids is 1. The number of carbonyl (C=O) groups is 1. The highest BCUT2D eigenvalue weighted by Gasteiger charge is 1.99. The Hall–Kier alpha value is -0.590. The molecule has 1 rings (SSSR count). The summed E-state index contributed by atoms with van der Waals surface area (Å²) < 4.78 is 1.89. The molecule has 1 aromatic rings. The predicted molar refractivity (Wildman–Crippen MR) is 61.5 cm³/mol. The Morgan fingerprint density at radius 3 is 2.86 bits per heavy atom. The fourth-order valence-corrected chi connectivity index (χ4v) is 1.67. The molecule has 4 nitrogen and oxygen atoms in total. The van der Waals surface area contributed by atoms with Crippen molar-refractivity contribution in [1.82, 2.24) is 7.76 Å². The SMILES string of the molecule is O=C(O)CCCCCc1cn(I)cn1. The number of nitrogens with zero attached hydrogens (tertiary/aromatic N) is 2. The molecular formula is C9H13IN2O2. The molecule has 1 heterocycles. The van der Waals surface area contributed by atoms with Gasteiger partial charge in [-0.1, -0.05) is 6.42 Å². The van der Waals surface area contributed by atoms with E-state index < -0.39 is 5.97 Å². The van der Waals surface area contributed by atoms with Crippen molar-refractivity contribution in [3.63, 3.8) is 0 Å². The first-order valence-electron chi connectivity index (χ1n) is 4.59. The average molecular weight is 308 g/mol. The number of carboxylic acid groups (broad SMARTS) is 1. The highest BCUT2D eigenvalue weighted by Crippen LogP contribution is 2.07. The summed E-state index contributed by atoms with van der Waals surface area (Å²) in [6.07, 6.45) is 7.71. The summed E-state index contributed by atoms with van der Waals surface area (Å²) in [6, 6.07) is 0. The van der Waals surface area contributed by atoms with Crippen molar-refractivity contribution in [1.29, 1.82) is 0 Å². The minimum absolute atomic E-state index is 0.278. The molecule has 0 bridgehead atoms. The van der Waals surface area contributed by atoms with Crippen molar-refractivity contribution in [3.05, 3.63) is 18.2 Å². The number of hydrogen-bond donors (Lipinski definition) is 1. The Morgan fingerprint density at radius 2 is 2.29 bits per heavy atom. The lowest BCUT2D eigenvalue weighted by Crippen LogP contribution is -1.94. The van der Waals surface area contributed by atoms with Crippen molar-refractivity contribution < 1.29 is 9.90 Å².